The highest BCUT2D eigenvalue weighted by Crippen LogP contribution is 2.20. The monoisotopic (exact) mass is 363 g/mol. The number of unbranched alkanes of at least 4 members (excludes halogenated alkanes) is 9. The van der Waals surface area contributed by atoms with E-state index in [0.717, 1.165) is 32.1 Å². The summed E-state index contributed by atoms with van der Waals surface area (Å²) in [5.74, 6) is 0.156. The lowest BCUT2D eigenvalue weighted by Gasteiger charge is -2.16. The first-order chi connectivity index (χ1) is 11.3. The molecule has 1 atom stereocenters. The SMILES string of the molecule is CCCCCCCCC(CCCCCC)C(=O)OCCCCN.Cl. The van der Waals surface area contributed by atoms with Crippen LogP contribution in [-0.4, -0.2) is 19.1 Å². The molecule has 4 heteroatoms. The van der Waals surface area contributed by atoms with Crippen LogP contribution in [0.15, 0.2) is 0 Å². The predicted molar refractivity (Wildman–Crippen MR) is 107 cm³/mol. The highest BCUT2D eigenvalue weighted by Gasteiger charge is 2.19. The van der Waals surface area contributed by atoms with Crippen molar-refractivity contribution >= 4 is 18.4 Å². The van der Waals surface area contributed by atoms with Crippen molar-refractivity contribution in [3.05, 3.63) is 0 Å². The van der Waals surface area contributed by atoms with Gasteiger partial charge in [0.1, 0.15) is 0 Å². The van der Waals surface area contributed by atoms with E-state index in [9.17, 15) is 4.79 Å². The maximum atomic E-state index is 12.3. The number of nitrogens with two attached hydrogens (primary N) is 1. The fraction of sp³-hybridized carbons (Fsp3) is 0.950. The van der Waals surface area contributed by atoms with E-state index >= 15 is 0 Å². The lowest BCUT2D eigenvalue weighted by Crippen LogP contribution is -2.19. The third kappa shape index (κ3) is 16.6. The molecule has 0 radical (unpaired) electrons. The van der Waals surface area contributed by atoms with E-state index in [0.29, 0.717) is 13.2 Å². The van der Waals surface area contributed by atoms with Gasteiger partial charge in [-0.3, -0.25) is 4.79 Å². The zero-order chi connectivity index (χ0) is 17.2. The van der Waals surface area contributed by atoms with Gasteiger partial charge < -0.3 is 10.5 Å². The van der Waals surface area contributed by atoms with Crippen LogP contribution >= 0.6 is 12.4 Å². The Bertz CT molecular complexity index is 262. The molecular weight excluding hydrogens is 322 g/mol. The summed E-state index contributed by atoms with van der Waals surface area (Å²) in [4.78, 5) is 12.3. The summed E-state index contributed by atoms with van der Waals surface area (Å²) < 4.78 is 5.46. The molecule has 0 aromatic carbocycles. The topological polar surface area (TPSA) is 52.3 Å². The Balaban J connectivity index is 0. The molecule has 0 heterocycles. The van der Waals surface area contributed by atoms with Gasteiger partial charge in [0.25, 0.3) is 0 Å². The van der Waals surface area contributed by atoms with Gasteiger partial charge >= 0.3 is 5.97 Å². The van der Waals surface area contributed by atoms with Gasteiger partial charge in [0.05, 0.1) is 12.5 Å². The van der Waals surface area contributed by atoms with E-state index < -0.39 is 0 Å². The Morgan fingerprint density at radius 1 is 0.792 bits per heavy atom. The van der Waals surface area contributed by atoms with E-state index in [2.05, 4.69) is 13.8 Å². The van der Waals surface area contributed by atoms with Crippen molar-refractivity contribution in [2.24, 2.45) is 11.7 Å². The lowest BCUT2D eigenvalue weighted by atomic mass is 9.94. The van der Waals surface area contributed by atoms with Crippen LogP contribution in [0.3, 0.4) is 0 Å². The first-order valence-corrected chi connectivity index (χ1v) is 10.1. The van der Waals surface area contributed by atoms with Crippen LogP contribution in [0.25, 0.3) is 0 Å². The molecule has 0 saturated carbocycles. The quantitative estimate of drug-likeness (QED) is 0.253. The largest absolute Gasteiger partial charge is 0.465 e. The smallest absolute Gasteiger partial charge is 0.308 e. The molecule has 1 unspecified atom stereocenters. The molecular formula is C20H42ClNO2. The van der Waals surface area contributed by atoms with Gasteiger partial charge in [0, 0.05) is 0 Å². The molecule has 0 rings (SSSR count). The number of ether oxygens (including phenoxy) is 1. The van der Waals surface area contributed by atoms with Gasteiger partial charge in [-0.05, 0) is 32.2 Å². The normalized spacial score (nSPS) is 11.8. The van der Waals surface area contributed by atoms with E-state index in [1.807, 2.05) is 0 Å². The maximum absolute atomic E-state index is 12.3. The zero-order valence-corrected chi connectivity index (χ0v) is 17.0. The fourth-order valence-electron chi connectivity index (χ4n) is 2.91. The molecule has 0 fully saturated rings. The Hall–Kier alpha value is -0.280. The third-order valence-electron chi connectivity index (χ3n) is 4.49. The first-order valence-electron chi connectivity index (χ1n) is 10.1. The molecule has 3 nitrogen and oxygen atoms in total. The highest BCUT2D eigenvalue weighted by atomic mass is 35.5. The minimum absolute atomic E-state index is 0. The summed E-state index contributed by atoms with van der Waals surface area (Å²) in [5, 5.41) is 0. The highest BCUT2D eigenvalue weighted by molar-refractivity contribution is 5.85. The number of esters is 1. The van der Waals surface area contributed by atoms with Crippen molar-refractivity contribution in [2.45, 2.75) is 104 Å². The summed E-state index contributed by atoms with van der Waals surface area (Å²) in [6.07, 6.45) is 16.4. The van der Waals surface area contributed by atoms with Crippen molar-refractivity contribution in [3.63, 3.8) is 0 Å². The maximum Gasteiger partial charge on any atom is 0.308 e. The van der Waals surface area contributed by atoms with Gasteiger partial charge in [-0.1, -0.05) is 78.1 Å². The second-order valence-corrected chi connectivity index (χ2v) is 6.77. The van der Waals surface area contributed by atoms with E-state index in [4.69, 9.17) is 10.5 Å². The number of halogens is 1. The van der Waals surface area contributed by atoms with Crippen molar-refractivity contribution in [1.29, 1.82) is 0 Å². The predicted octanol–water partition coefficient (Wildman–Crippen LogP) is 6.03. The average Bonchev–Trinajstić information content (AvgIpc) is 2.56. The molecule has 0 amide bonds. The van der Waals surface area contributed by atoms with Crippen LogP contribution in [0.5, 0.6) is 0 Å². The minimum atomic E-state index is 0. The van der Waals surface area contributed by atoms with Gasteiger partial charge in [-0.2, -0.15) is 0 Å². The first kappa shape index (κ1) is 26.0. The van der Waals surface area contributed by atoms with Crippen molar-refractivity contribution < 1.29 is 9.53 Å². The summed E-state index contributed by atoms with van der Waals surface area (Å²) in [5.41, 5.74) is 5.47. The Labute approximate surface area is 156 Å². The molecule has 2 N–H and O–H groups in total. The summed E-state index contributed by atoms with van der Waals surface area (Å²) in [6, 6.07) is 0. The molecule has 0 aliphatic rings. The Morgan fingerprint density at radius 3 is 1.83 bits per heavy atom. The number of hydrogen-bond donors (Lipinski definition) is 1. The Morgan fingerprint density at radius 2 is 1.29 bits per heavy atom. The fourth-order valence-corrected chi connectivity index (χ4v) is 2.91. The van der Waals surface area contributed by atoms with Crippen molar-refractivity contribution in [1.82, 2.24) is 0 Å². The molecule has 0 aromatic heterocycles. The minimum Gasteiger partial charge on any atom is -0.465 e. The van der Waals surface area contributed by atoms with Gasteiger partial charge in [0.15, 0.2) is 0 Å². The molecule has 0 saturated heterocycles. The lowest BCUT2D eigenvalue weighted by molar-refractivity contribution is -0.149. The molecule has 0 aliphatic heterocycles. The molecule has 0 spiro atoms. The van der Waals surface area contributed by atoms with E-state index in [1.54, 1.807) is 0 Å². The number of rotatable bonds is 17. The summed E-state index contributed by atoms with van der Waals surface area (Å²) in [7, 11) is 0. The average molecular weight is 364 g/mol. The second-order valence-electron chi connectivity index (χ2n) is 6.77. The summed E-state index contributed by atoms with van der Waals surface area (Å²) in [6.45, 7) is 5.68. The molecule has 24 heavy (non-hydrogen) atoms. The van der Waals surface area contributed by atoms with E-state index in [-0.39, 0.29) is 24.3 Å². The number of carbonyl (C=O) groups excluding carboxylic acids is 1. The molecule has 0 aromatic rings. The molecule has 146 valence electrons. The van der Waals surface area contributed by atoms with Crippen molar-refractivity contribution in [3.8, 4) is 0 Å². The standard InChI is InChI=1S/C20H41NO2.ClH/c1-3-5-7-9-10-12-16-19(15-11-8-6-4-2)20(22)23-18-14-13-17-21;/h19H,3-18,21H2,1-2H3;1H. The zero-order valence-electron chi connectivity index (χ0n) is 16.2. The van der Waals surface area contributed by atoms with Crippen LogP contribution in [0.1, 0.15) is 104 Å². The van der Waals surface area contributed by atoms with Crippen molar-refractivity contribution in [2.75, 3.05) is 13.2 Å². The van der Waals surface area contributed by atoms with Crippen LogP contribution in [0.4, 0.5) is 0 Å². The van der Waals surface area contributed by atoms with Gasteiger partial charge in [-0.25, -0.2) is 0 Å². The molecule has 0 aliphatic carbocycles. The van der Waals surface area contributed by atoms with Crippen LogP contribution < -0.4 is 5.73 Å². The summed E-state index contributed by atoms with van der Waals surface area (Å²) >= 11 is 0. The number of carbonyl (C=O) groups is 1. The van der Waals surface area contributed by atoms with Crippen LogP contribution in [0.2, 0.25) is 0 Å². The van der Waals surface area contributed by atoms with Gasteiger partial charge in [-0.15, -0.1) is 12.4 Å². The van der Waals surface area contributed by atoms with Crippen LogP contribution in [0, 0.1) is 5.92 Å². The number of hydrogen-bond acceptors (Lipinski definition) is 3. The third-order valence-corrected chi connectivity index (χ3v) is 4.49. The van der Waals surface area contributed by atoms with Gasteiger partial charge in [0.2, 0.25) is 0 Å². The molecule has 0 bridgehead atoms. The van der Waals surface area contributed by atoms with Crippen LogP contribution in [-0.2, 0) is 9.53 Å². The Kier molecular flexibility index (Phi) is 22.5. The van der Waals surface area contributed by atoms with E-state index in [1.165, 1.54) is 57.8 Å². The second kappa shape index (κ2) is 20.8.